The zero-order chi connectivity index (χ0) is 21.9. The number of hydrogen-bond acceptors (Lipinski definition) is 1. The van der Waals surface area contributed by atoms with Gasteiger partial charge in [0, 0.05) is 16.7 Å². The maximum absolute atomic E-state index is 2.47. The van der Waals surface area contributed by atoms with E-state index in [2.05, 4.69) is 130 Å². The van der Waals surface area contributed by atoms with Gasteiger partial charge < -0.3 is 4.81 Å². The summed E-state index contributed by atoms with van der Waals surface area (Å²) < 4.78 is 4.86. The lowest BCUT2D eigenvalue weighted by Crippen LogP contribution is -2.70. The van der Waals surface area contributed by atoms with Crippen LogP contribution in [0.15, 0.2) is 109 Å². The summed E-state index contributed by atoms with van der Waals surface area (Å²) in [6.07, 6.45) is 4.49. The van der Waals surface area contributed by atoms with E-state index in [0.717, 1.165) is 6.54 Å². The van der Waals surface area contributed by atoms with Gasteiger partial charge in [-0.1, -0.05) is 91.0 Å². The molecule has 0 radical (unpaired) electrons. The highest BCUT2D eigenvalue weighted by molar-refractivity contribution is 6.72. The molecule has 0 saturated carbocycles. The quantitative estimate of drug-likeness (QED) is 0.371. The highest BCUT2D eigenvalue weighted by atomic mass is 15.2. The Kier molecular flexibility index (Phi) is 3.92. The third-order valence-electron chi connectivity index (χ3n) is 7.16. The van der Waals surface area contributed by atoms with E-state index < -0.39 is 0 Å². The summed E-state index contributed by atoms with van der Waals surface area (Å²) in [6, 6.07) is 35.0. The summed E-state index contributed by atoms with van der Waals surface area (Å²) in [6.45, 7) is 0.992. The summed E-state index contributed by atoms with van der Waals surface area (Å²) in [5.41, 5.74) is 10.5. The van der Waals surface area contributed by atoms with E-state index in [1.54, 1.807) is 0 Å². The van der Waals surface area contributed by atoms with Crippen LogP contribution in [0.1, 0.15) is 5.56 Å². The van der Waals surface area contributed by atoms with Crippen LogP contribution < -0.4 is 14.8 Å². The number of nitrogens with zero attached hydrogens (tertiary/aromatic N) is 3. The maximum Gasteiger partial charge on any atom is 0.538 e. The van der Waals surface area contributed by atoms with E-state index in [0.29, 0.717) is 0 Å². The highest BCUT2D eigenvalue weighted by Crippen LogP contribution is 2.40. The van der Waals surface area contributed by atoms with Gasteiger partial charge in [-0.2, -0.15) is 0 Å². The lowest BCUT2D eigenvalue weighted by molar-refractivity contribution is -0.523. The largest absolute Gasteiger partial charge is 0.538 e. The van der Waals surface area contributed by atoms with Crippen molar-refractivity contribution in [2.75, 3.05) is 11.9 Å². The van der Waals surface area contributed by atoms with Crippen LogP contribution in [0.4, 0.5) is 5.69 Å². The fourth-order valence-corrected chi connectivity index (χ4v) is 5.73. The highest BCUT2D eigenvalue weighted by Gasteiger charge is 2.48. The minimum atomic E-state index is 0.0497. The zero-order valence-corrected chi connectivity index (χ0v) is 18.5. The fourth-order valence-electron chi connectivity index (χ4n) is 5.73. The van der Waals surface area contributed by atoms with Crippen LogP contribution in [-0.2, 0) is 6.54 Å². The topological polar surface area (TPSA) is 12.1 Å². The van der Waals surface area contributed by atoms with Crippen LogP contribution in [0, 0.1) is 0 Å². The van der Waals surface area contributed by atoms with E-state index in [-0.39, 0.29) is 6.98 Å². The van der Waals surface area contributed by atoms with Gasteiger partial charge in [-0.15, -0.1) is 0 Å². The van der Waals surface area contributed by atoms with Gasteiger partial charge in [0.2, 0.25) is 0 Å². The Labute approximate surface area is 194 Å². The summed E-state index contributed by atoms with van der Waals surface area (Å²) >= 11 is 0. The average Bonchev–Trinajstić information content (AvgIpc) is 3.45. The predicted octanol–water partition coefficient (Wildman–Crippen LogP) is 4.83. The molecule has 1 aromatic heterocycles. The van der Waals surface area contributed by atoms with Gasteiger partial charge in [-0.3, -0.25) is 4.48 Å². The SMILES string of the molecule is CN1B(c2c(-c3ccccc3)cccc2-c2ccccc2)[n+]2ccn3c2-c2c(cccc21)C3. The molecule has 0 amide bonds. The summed E-state index contributed by atoms with van der Waals surface area (Å²) in [4.78, 5) is 2.45. The number of rotatable bonds is 3. The molecule has 0 saturated heterocycles. The van der Waals surface area contributed by atoms with Crippen LogP contribution in [0.5, 0.6) is 0 Å². The second-order valence-electron chi connectivity index (χ2n) is 8.95. The smallest absolute Gasteiger partial charge is 0.372 e. The number of imidazole rings is 1. The van der Waals surface area contributed by atoms with Gasteiger partial charge in [-0.05, 0) is 35.4 Å². The molecular formula is C29H23BN3+. The summed E-state index contributed by atoms with van der Waals surface area (Å²) in [5.74, 6) is 1.31. The normalized spacial score (nSPS) is 13.4. The van der Waals surface area contributed by atoms with Crippen molar-refractivity contribution < 1.29 is 4.48 Å². The van der Waals surface area contributed by atoms with E-state index in [1.807, 2.05) is 0 Å². The first-order chi connectivity index (χ1) is 16.3. The molecule has 4 heteroatoms. The van der Waals surface area contributed by atoms with E-state index in [1.165, 1.54) is 50.4 Å². The standard InChI is InChI=1S/C29H23BN3/c1-31-26-17-8-14-23-20-32-18-19-33(29(32)27(23)26)30(31)28-24(21-10-4-2-5-11-21)15-9-16-25(28)22-12-6-3-7-13-22/h2-19H,20H2,1H3/q+1. The third kappa shape index (κ3) is 2.61. The first-order valence-electron chi connectivity index (χ1n) is 11.5. The average molecular weight is 424 g/mol. The third-order valence-corrected chi connectivity index (χ3v) is 7.16. The van der Waals surface area contributed by atoms with E-state index in [4.69, 9.17) is 0 Å². The van der Waals surface area contributed by atoms with Gasteiger partial charge in [0.15, 0.2) is 0 Å². The van der Waals surface area contributed by atoms with Crippen molar-refractivity contribution in [3.05, 3.63) is 115 Å². The fraction of sp³-hybridized carbons (Fsp3) is 0.0690. The molecule has 0 bridgehead atoms. The van der Waals surface area contributed by atoms with Crippen LogP contribution in [0.2, 0.25) is 0 Å². The molecule has 0 aliphatic carbocycles. The van der Waals surface area contributed by atoms with Gasteiger partial charge in [0.25, 0.3) is 5.82 Å². The van der Waals surface area contributed by atoms with Crippen LogP contribution in [-0.4, -0.2) is 18.6 Å². The Balaban J connectivity index is 1.55. The molecule has 0 spiro atoms. The van der Waals surface area contributed by atoms with Crippen molar-refractivity contribution in [3.8, 4) is 33.6 Å². The zero-order valence-electron chi connectivity index (χ0n) is 18.5. The Morgan fingerprint density at radius 1 is 0.727 bits per heavy atom. The van der Waals surface area contributed by atoms with Crippen molar-refractivity contribution in [3.63, 3.8) is 0 Å². The Morgan fingerprint density at radius 3 is 2.03 bits per heavy atom. The number of benzene rings is 4. The number of anilines is 1. The lowest BCUT2D eigenvalue weighted by Gasteiger charge is -2.32. The molecule has 33 heavy (non-hydrogen) atoms. The Hall–Kier alpha value is -4.05. The van der Waals surface area contributed by atoms with Gasteiger partial charge in [0.05, 0.1) is 5.56 Å². The Bertz CT molecular complexity index is 1450. The molecule has 7 rings (SSSR count). The molecule has 2 aliphatic rings. The molecular weight excluding hydrogens is 401 g/mol. The summed E-state index contributed by atoms with van der Waals surface area (Å²) in [7, 11) is 2.24. The number of aromatic nitrogens is 2. The minimum absolute atomic E-state index is 0.0497. The van der Waals surface area contributed by atoms with E-state index in [9.17, 15) is 0 Å². The molecule has 0 unspecified atom stereocenters. The first kappa shape index (κ1) is 18.5. The van der Waals surface area contributed by atoms with E-state index >= 15 is 0 Å². The van der Waals surface area contributed by atoms with Crippen molar-refractivity contribution in [2.45, 2.75) is 6.54 Å². The molecule has 2 aliphatic heterocycles. The van der Waals surface area contributed by atoms with Gasteiger partial charge in [-0.25, -0.2) is 4.57 Å². The lowest BCUT2D eigenvalue weighted by atomic mass is 9.59. The monoisotopic (exact) mass is 424 g/mol. The van der Waals surface area contributed by atoms with Crippen LogP contribution >= 0.6 is 0 Å². The van der Waals surface area contributed by atoms with Crippen molar-refractivity contribution in [1.29, 1.82) is 0 Å². The van der Waals surface area contributed by atoms with Crippen molar-refractivity contribution >= 4 is 18.1 Å². The van der Waals surface area contributed by atoms with Gasteiger partial charge >= 0.3 is 6.98 Å². The van der Waals surface area contributed by atoms with Crippen molar-refractivity contribution in [1.82, 2.24) is 4.57 Å². The molecule has 5 aromatic rings. The summed E-state index contributed by atoms with van der Waals surface area (Å²) in [5, 5.41) is 0. The molecule has 3 nitrogen and oxygen atoms in total. The maximum atomic E-state index is 2.47. The van der Waals surface area contributed by atoms with Crippen molar-refractivity contribution in [2.24, 2.45) is 0 Å². The molecule has 4 aromatic carbocycles. The molecule has 0 atom stereocenters. The molecule has 3 heterocycles. The predicted molar refractivity (Wildman–Crippen MR) is 136 cm³/mol. The minimum Gasteiger partial charge on any atom is -0.372 e. The first-order valence-corrected chi connectivity index (χ1v) is 11.5. The molecule has 156 valence electrons. The Morgan fingerprint density at radius 2 is 1.36 bits per heavy atom. The number of hydrogen-bond donors (Lipinski definition) is 0. The van der Waals surface area contributed by atoms with Crippen LogP contribution in [0.3, 0.4) is 0 Å². The second kappa shape index (κ2) is 6.98. The molecule has 0 fully saturated rings. The van der Waals surface area contributed by atoms with Gasteiger partial charge in [0.1, 0.15) is 18.9 Å². The van der Waals surface area contributed by atoms with Crippen LogP contribution in [0.25, 0.3) is 33.6 Å². The second-order valence-corrected chi connectivity index (χ2v) is 8.95. The molecule has 0 N–H and O–H groups in total.